The molecule has 0 bridgehead atoms. The van der Waals surface area contributed by atoms with Gasteiger partial charge in [0.25, 0.3) is 0 Å². The van der Waals surface area contributed by atoms with Crippen LogP contribution in [0.3, 0.4) is 0 Å². The van der Waals surface area contributed by atoms with Crippen LogP contribution in [0.5, 0.6) is 5.75 Å². The second kappa shape index (κ2) is 6.72. The molecule has 2 nitrogen and oxygen atoms in total. The van der Waals surface area contributed by atoms with Crippen molar-refractivity contribution in [1.82, 2.24) is 0 Å². The van der Waals surface area contributed by atoms with Gasteiger partial charge < -0.3 is 10.1 Å². The van der Waals surface area contributed by atoms with Crippen LogP contribution in [0.2, 0.25) is 0 Å². The van der Waals surface area contributed by atoms with Crippen LogP contribution < -0.4 is 10.1 Å². The molecular weight excluding hydrogens is 258 g/mol. The molecule has 0 heterocycles. The van der Waals surface area contributed by atoms with Crippen LogP contribution >= 0.6 is 0 Å². The summed E-state index contributed by atoms with van der Waals surface area (Å²) in [5, 5.41) is 3.72. The van der Waals surface area contributed by atoms with E-state index in [1.54, 1.807) is 0 Å². The van der Waals surface area contributed by atoms with E-state index < -0.39 is 0 Å². The molecule has 3 rings (SSSR count). The maximum absolute atomic E-state index is 5.72. The van der Waals surface area contributed by atoms with Crippen molar-refractivity contribution in [2.45, 2.75) is 70.8 Å². The van der Waals surface area contributed by atoms with Gasteiger partial charge in [0.05, 0.1) is 6.61 Å². The molecule has 1 aromatic carbocycles. The predicted octanol–water partition coefficient (Wildman–Crippen LogP) is 5.39. The number of ether oxygens (including phenoxy) is 1. The van der Waals surface area contributed by atoms with Gasteiger partial charge in [-0.2, -0.15) is 0 Å². The van der Waals surface area contributed by atoms with Crippen LogP contribution in [-0.4, -0.2) is 12.6 Å². The lowest BCUT2D eigenvalue weighted by Gasteiger charge is -2.37. The van der Waals surface area contributed by atoms with Gasteiger partial charge in [-0.3, -0.25) is 0 Å². The summed E-state index contributed by atoms with van der Waals surface area (Å²) in [6.07, 6.45) is 12.5. The summed E-state index contributed by atoms with van der Waals surface area (Å²) in [5.41, 5.74) is 1.94. The van der Waals surface area contributed by atoms with E-state index in [-0.39, 0.29) is 0 Å². The van der Waals surface area contributed by atoms with E-state index in [2.05, 4.69) is 36.5 Å². The van der Waals surface area contributed by atoms with Crippen LogP contribution in [0.25, 0.3) is 0 Å². The van der Waals surface area contributed by atoms with Crippen molar-refractivity contribution in [2.75, 3.05) is 11.9 Å². The van der Waals surface area contributed by atoms with E-state index in [1.807, 2.05) is 0 Å². The van der Waals surface area contributed by atoms with Gasteiger partial charge in [0.1, 0.15) is 5.75 Å². The van der Waals surface area contributed by atoms with E-state index in [9.17, 15) is 0 Å². The normalized spacial score (nSPS) is 21.6. The van der Waals surface area contributed by atoms with Gasteiger partial charge in [-0.1, -0.05) is 25.8 Å². The number of hydrogen-bond acceptors (Lipinski definition) is 2. The maximum atomic E-state index is 5.72. The molecule has 2 saturated carbocycles. The SMILES string of the molecule is CCCOc1cccc(NC2CCC3(CCCC3)CC2)c1. The average Bonchev–Trinajstić information content (AvgIpc) is 2.97. The quantitative estimate of drug-likeness (QED) is 0.784. The van der Waals surface area contributed by atoms with Crippen molar-refractivity contribution in [2.24, 2.45) is 5.41 Å². The third-order valence-corrected chi connectivity index (χ3v) is 5.39. The monoisotopic (exact) mass is 287 g/mol. The molecule has 2 fully saturated rings. The van der Waals surface area contributed by atoms with Crippen molar-refractivity contribution >= 4 is 5.69 Å². The Morgan fingerprint density at radius 1 is 1.14 bits per heavy atom. The molecule has 21 heavy (non-hydrogen) atoms. The number of benzene rings is 1. The third kappa shape index (κ3) is 3.72. The standard InChI is InChI=1S/C19H29NO/c1-2-14-21-18-7-5-6-17(15-18)20-16-8-12-19(13-9-16)10-3-4-11-19/h5-7,15-16,20H,2-4,8-14H2,1H3. The Labute approximate surface area is 129 Å². The van der Waals surface area contributed by atoms with Gasteiger partial charge >= 0.3 is 0 Å². The van der Waals surface area contributed by atoms with Crippen molar-refractivity contribution in [3.63, 3.8) is 0 Å². The Kier molecular flexibility index (Phi) is 4.72. The molecule has 0 saturated heterocycles. The molecule has 1 spiro atoms. The lowest BCUT2D eigenvalue weighted by Crippen LogP contribution is -2.31. The summed E-state index contributed by atoms with van der Waals surface area (Å²) in [4.78, 5) is 0. The zero-order valence-corrected chi connectivity index (χ0v) is 13.4. The summed E-state index contributed by atoms with van der Waals surface area (Å²) in [6, 6.07) is 9.11. The molecule has 2 aliphatic carbocycles. The van der Waals surface area contributed by atoms with Crippen molar-refractivity contribution in [3.8, 4) is 5.75 Å². The minimum atomic E-state index is 0.651. The van der Waals surface area contributed by atoms with Crippen molar-refractivity contribution in [1.29, 1.82) is 0 Å². The highest BCUT2D eigenvalue weighted by molar-refractivity contribution is 5.48. The number of anilines is 1. The van der Waals surface area contributed by atoms with E-state index in [4.69, 9.17) is 4.74 Å². The average molecular weight is 287 g/mol. The van der Waals surface area contributed by atoms with Crippen LogP contribution in [0, 0.1) is 5.41 Å². The van der Waals surface area contributed by atoms with E-state index >= 15 is 0 Å². The molecule has 0 aromatic heterocycles. The zero-order chi connectivity index (χ0) is 14.5. The van der Waals surface area contributed by atoms with Gasteiger partial charge in [0, 0.05) is 17.8 Å². The summed E-state index contributed by atoms with van der Waals surface area (Å²) >= 11 is 0. The van der Waals surface area contributed by atoms with Gasteiger partial charge in [0.15, 0.2) is 0 Å². The van der Waals surface area contributed by atoms with Gasteiger partial charge in [0.2, 0.25) is 0 Å². The first-order valence-corrected chi connectivity index (χ1v) is 8.79. The highest BCUT2D eigenvalue weighted by Gasteiger charge is 2.37. The summed E-state index contributed by atoms with van der Waals surface area (Å²) in [5.74, 6) is 0.991. The molecule has 116 valence electrons. The molecule has 2 heteroatoms. The Morgan fingerprint density at radius 2 is 1.90 bits per heavy atom. The van der Waals surface area contributed by atoms with Crippen LogP contribution in [0.1, 0.15) is 64.7 Å². The number of hydrogen-bond donors (Lipinski definition) is 1. The van der Waals surface area contributed by atoms with Gasteiger partial charge in [-0.15, -0.1) is 0 Å². The Bertz CT molecular complexity index is 441. The number of rotatable bonds is 5. The second-order valence-electron chi connectivity index (χ2n) is 7.00. The zero-order valence-electron chi connectivity index (χ0n) is 13.4. The van der Waals surface area contributed by atoms with E-state index in [1.165, 1.54) is 57.1 Å². The van der Waals surface area contributed by atoms with E-state index in [0.29, 0.717) is 6.04 Å². The Morgan fingerprint density at radius 3 is 2.62 bits per heavy atom. The molecule has 0 atom stereocenters. The smallest absolute Gasteiger partial charge is 0.121 e. The fourth-order valence-corrected chi connectivity index (χ4v) is 4.13. The highest BCUT2D eigenvalue weighted by Crippen LogP contribution is 2.49. The van der Waals surface area contributed by atoms with Gasteiger partial charge in [-0.05, 0) is 62.5 Å². The summed E-state index contributed by atoms with van der Waals surface area (Å²) in [7, 11) is 0. The van der Waals surface area contributed by atoms with Crippen LogP contribution in [0.4, 0.5) is 5.69 Å². The molecule has 1 N–H and O–H groups in total. The molecule has 0 radical (unpaired) electrons. The number of nitrogens with one attached hydrogen (secondary N) is 1. The first-order chi connectivity index (χ1) is 10.3. The maximum Gasteiger partial charge on any atom is 0.121 e. The minimum absolute atomic E-state index is 0.651. The summed E-state index contributed by atoms with van der Waals surface area (Å²) in [6.45, 7) is 2.94. The minimum Gasteiger partial charge on any atom is -0.494 e. The summed E-state index contributed by atoms with van der Waals surface area (Å²) < 4.78 is 5.72. The van der Waals surface area contributed by atoms with Crippen LogP contribution in [0.15, 0.2) is 24.3 Å². The van der Waals surface area contributed by atoms with E-state index in [0.717, 1.165) is 24.2 Å². The van der Waals surface area contributed by atoms with Crippen LogP contribution in [-0.2, 0) is 0 Å². The highest BCUT2D eigenvalue weighted by atomic mass is 16.5. The topological polar surface area (TPSA) is 21.3 Å². The first kappa shape index (κ1) is 14.7. The second-order valence-corrected chi connectivity index (χ2v) is 7.00. The largest absolute Gasteiger partial charge is 0.494 e. The Balaban J connectivity index is 1.53. The molecule has 0 amide bonds. The lowest BCUT2D eigenvalue weighted by molar-refractivity contribution is 0.188. The fraction of sp³-hybridized carbons (Fsp3) is 0.684. The fourth-order valence-electron chi connectivity index (χ4n) is 4.13. The molecule has 2 aliphatic rings. The molecular formula is C19H29NO. The molecule has 0 unspecified atom stereocenters. The third-order valence-electron chi connectivity index (χ3n) is 5.39. The molecule has 0 aliphatic heterocycles. The lowest BCUT2D eigenvalue weighted by atomic mass is 9.71. The van der Waals surface area contributed by atoms with Crippen molar-refractivity contribution < 1.29 is 4.74 Å². The predicted molar refractivity (Wildman–Crippen MR) is 89.0 cm³/mol. The Hall–Kier alpha value is -1.18. The molecule has 1 aromatic rings. The van der Waals surface area contributed by atoms with Crippen molar-refractivity contribution in [3.05, 3.63) is 24.3 Å². The van der Waals surface area contributed by atoms with Gasteiger partial charge in [-0.25, -0.2) is 0 Å². The first-order valence-electron chi connectivity index (χ1n) is 8.79.